The van der Waals surface area contributed by atoms with Gasteiger partial charge in [0.25, 0.3) is 0 Å². The molecule has 6 heteroatoms. The molecule has 0 aliphatic heterocycles. The molecule has 1 amide bonds. The van der Waals surface area contributed by atoms with Crippen LogP contribution in [-0.2, 0) is 16.1 Å². The van der Waals surface area contributed by atoms with Gasteiger partial charge in [0.1, 0.15) is 6.61 Å². The third kappa shape index (κ3) is 4.90. The molecule has 2 rings (SSSR count). The number of rotatable bonds is 6. The summed E-state index contributed by atoms with van der Waals surface area (Å²) >= 11 is 0. The Labute approximate surface area is 127 Å². The number of amides is 1. The van der Waals surface area contributed by atoms with Crippen LogP contribution in [0.1, 0.15) is 23.7 Å². The van der Waals surface area contributed by atoms with Gasteiger partial charge in [-0.2, -0.15) is 0 Å². The van der Waals surface area contributed by atoms with Crippen LogP contribution in [0.5, 0.6) is 0 Å². The maximum atomic E-state index is 11.8. The molecule has 1 aromatic heterocycles. The van der Waals surface area contributed by atoms with E-state index in [9.17, 15) is 9.59 Å². The minimum absolute atomic E-state index is 0.120. The summed E-state index contributed by atoms with van der Waals surface area (Å²) in [7, 11) is 0. The number of benzene rings is 1. The summed E-state index contributed by atoms with van der Waals surface area (Å²) in [5, 5.41) is 11.5. The first kappa shape index (κ1) is 15.5. The molecule has 1 heterocycles. The minimum atomic E-state index is -1.03. The maximum absolute atomic E-state index is 11.8. The number of hydrogen-bond acceptors (Lipinski definition) is 4. The van der Waals surface area contributed by atoms with Crippen molar-refractivity contribution in [3.8, 4) is 0 Å². The van der Waals surface area contributed by atoms with Crippen LogP contribution in [0.3, 0.4) is 0 Å². The van der Waals surface area contributed by atoms with E-state index < -0.39 is 18.1 Å². The molecule has 114 valence electrons. The zero-order chi connectivity index (χ0) is 15.8. The maximum Gasteiger partial charge on any atom is 0.408 e. The summed E-state index contributed by atoms with van der Waals surface area (Å²) in [5.74, 6) is -1.03. The number of carbonyl (C=O) groups excluding carboxylic acids is 1. The molecule has 1 aromatic carbocycles. The highest BCUT2D eigenvalue weighted by atomic mass is 16.5. The van der Waals surface area contributed by atoms with Gasteiger partial charge in [-0.1, -0.05) is 36.4 Å². The SMILES string of the molecule is O=C(O)C[C@H](NC(=O)OCc1ccccc1)c1ccccn1. The number of pyridine rings is 1. The molecular formula is C16H16N2O4. The second-order valence-corrected chi connectivity index (χ2v) is 4.61. The topological polar surface area (TPSA) is 88.5 Å². The highest BCUT2D eigenvalue weighted by Gasteiger charge is 2.19. The molecule has 0 aliphatic rings. The molecule has 22 heavy (non-hydrogen) atoms. The molecular weight excluding hydrogens is 284 g/mol. The average molecular weight is 300 g/mol. The van der Waals surface area contributed by atoms with E-state index in [1.165, 1.54) is 0 Å². The fraction of sp³-hybridized carbons (Fsp3) is 0.188. The predicted octanol–water partition coefficient (Wildman–Crippen LogP) is 2.52. The number of aromatic nitrogens is 1. The van der Waals surface area contributed by atoms with Crippen LogP contribution in [0.2, 0.25) is 0 Å². The number of carboxylic acids is 1. The number of nitrogens with one attached hydrogen (secondary N) is 1. The summed E-state index contributed by atoms with van der Waals surface area (Å²) < 4.78 is 5.09. The van der Waals surface area contributed by atoms with Gasteiger partial charge in [0.15, 0.2) is 0 Å². The van der Waals surface area contributed by atoms with Gasteiger partial charge in [-0.05, 0) is 17.7 Å². The normalized spacial score (nSPS) is 11.5. The standard InChI is InChI=1S/C16H16N2O4/c19-15(20)10-14(13-8-4-5-9-17-13)18-16(21)22-11-12-6-2-1-3-7-12/h1-9,14H,10-11H2,(H,18,21)(H,19,20)/t14-/m0/s1. The highest BCUT2D eigenvalue weighted by molar-refractivity contribution is 5.71. The lowest BCUT2D eigenvalue weighted by atomic mass is 10.1. The lowest BCUT2D eigenvalue weighted by Crippen LogP contribution is -2.31. The second kappa shape index (κ2) is 7.78. The van der Waals surface area contributed by atoms with Gasteiger partial charge in [0, 0.05) is 6.20 Å². The zero-order valence-corrected chi connectivity index (χ0v) is 11.8. The lowest BCUT2D eigenvalue weighted by molar-refractivity contribution is -0.137. The van der Waals surface area contributed by atoms with Gasteiger partial charge in [-0.25, -0.2) is 4.79 Å². The van der Waals surface area contributed by atoms with Crippen LogP contribution in [0.25, 0.3) is 0 Å². The Morgan fingerprint density at radius 2 is 1.86 bits per heavy atom. The van der Waals surface area contributed by atoms with Gasteiger partial charge >= 0.3 is 12.1 Å². The Kier molecular flexibility index (Phi) is 5.48. The summed E-state index contributed by atoms with van der Waals surface area (Å²) in [5.41, 5.74) is 1.33. The molecule has 0 aliphatic carbocycles. The van der Waals surface area contributed by atoms with Crippen molar-refractivity contribution in [2.24, 2.45) is 0 Å². The van der Waals surface area contributed by atoms with Gasteiger partial charge in [0.2, 0.25) is 0 Å². The molecule has 0 fully saturated rings. The molecule has 1 atom stereocenters. The first-order chi connectivity index (χ1) is 10.6. The molecule has 0 bridgehead atoms. The van der Waals surface area contributed by atoms with Crippen molar-refractivity contribution >= 4 is 12.1 Å². The minimum Gasteiger partial charge on any atom is -0.481 e. The monoisotopic (exact) mass is 300 g/mol. The number of carbonyl (C=O) groups is 2. The van der Waals surface area contributed by atoms with Crippen LogP contribution in [0, 0.1) is 0 Å². The number of ether oxygens (including phenoxy) is 1. The zero-order valence-electron chi connectivity index (χ0n) is 11.8. The van der Waals surface area contributed by atoms with Gasteiger partial charge in [0.05, 0.1) is 18.2 Å². The Hall–Kier alpha value is -2.89. The fourth-order valence-corrected chi connectivity index (χ4v) is 1.89. The van der Waals surface area contributed by atoms with Crippen molar-refractivity contribution in [3.63, 3.8) is 0 Å². The molecule has 0 saturated heterocycles. The van der Waals surface area contributed by atoms with E-state index in [2.05, 4.69) is 10.3 Å². The van der Waals surface area contributed by atoms with Crippen molar-refractivity contribution in [1.82, 2.24) is 10.3 Å². The number of nitrogens with zero attached hydrogens (tertiary/aromatic N) is 1. The number of carboxylic acid groups (broad SMARTS) is 1. The Balaban J connectivity index is 1.95. The van der Waals surface area contributed by atoms with Gasteiger partial charge < -0.3 is 15.2 Å². The smallest absolute Gasteiger partial charge is 0.408 e. The predicted molar refractivity (Wildman–Crippen MR) is 79.0 cm³/mol. The quantitative estimate of drug-likeness (QED) is 0.855. The van der Waals surface area contributed by atoms with Crippen molar-refractivity contribution in [2.45, 2.75) is 19.1 Å². The molecule has 6 nitrogen and oxygen atoms in total. The van der Waals surface area contributed by atoms with Gasteiger partial charge in [-0.15, -0.1) is 0 Å². The Bertz CT molecular complexity index is 617. The molecule has 2 N–H and O–H groups in total. The third-order valence-corrected chi connectivity index (χ3v) is 2.93. The average Bonchev–Trinajstić information content (AvgIpc) is 2.54. The van der Waals surface area contributed by atoms with Crippen molar-refractivity contribution < 1.29 is 19.4 Å². The summed E-state index contributed by atoms with van der Waals surface area (Å²) in [6.45, 7) is 0.120. The molecule has 2 aromatic rings. The van der Waals surface area contributed by atoms with Crippen LogP contribution in [0.15, 0.2) is 54.7 Å². The fourth-order valence-electron chi connectivity index (χ4n) is 1.89. The third-order valence-electron chi connectivity index (χ3n) is 2.93. The number of alkyl carbamates (subject to hydrolysis) is 1. The largest absolute Gasteiger partial charge is 0.481 e. The molecule has 0 saturated carbocycles. The van der Waals surface area contributed by atoms with E-state index in [1.54, 1.807) is 24.4 Å². The van der Waals surface area contributed by atoms with E-state index in [4.69, 9.17) is 9.84 Å². The summed E-state index contributed by atoms with van der Waals surface area (Å²) in [4.78, 5) is 26.8. The van der Waals surface area contributed by atoms with Crippen molar-refractivity contribution in [1.29, 1.82) is 0 Å². The van der Waals surface area contributed by atoms with Crippen LogP contribution < -0.4 is 5.32 Å². The first-order valence-electron chi connectivity index (χ1n) is 6.75. The van der Waals surface area contributed by atoms with Crippen molar-refractivity contribution in [3.05, 3.63) is 66.0 Å². The highest BCUT2D eigenvalue weighted by Crippen LogP contribution is 2.14. The van der Waals surface area contributed by atoms with E-state index in [0.29, 0.717) is 5.69 Å². The second-order valence-electron chi connectivity index (χ2n) is 4.61. The molecule has 0 spiro atoms. The summed E-state index contributed by atoms with van der Waals surface area (Å²) in [6.07, 6.45) is 0.597. The van der Waals surface area contributed by atoms with E-state index >= 15 is 0 Å². The summed E-state index contributed by atoms with van der Waals surface area (Å²) in [6, 6.07) is 13.6. The number of hydrogen-bond donors (Lipinski definition) is 2. The Morgan fingerprint density at radius 3 is 2.50 bits per heavy atom. The van der Waals surface area contributed by atoms with Gasteiger partial charge in [-0.3, -0.25) is 9.78 Å². The molecule has 0 radical (unpaired) electrons. The van der Waals surface area contributed by atoms with Crippen LogP contribution >= 0.6 is 0 Å². The van der Waals surface area contributed by atoms with Crippen LogP contribution in [0.4, 0.5) is 4.79 Å². The van der Waals surface area contributed by atoms with Crippen LogP contribution in [-0.4, -0.2) is 22.2 Å². The van der Waals surface area contributed by atoms with E-state index in [1.807, 2.05) is 30.3 Å². The molecule has 0 unspecified atom stereocenters. The lowest BCUT2D eigenvalue weighted by Gasteiger charge is -2.16. The van der Waals surface area contributed by atoms with Crippen molar-refractivity contribution in [2.75, 3.05) is 0 Å². The first-order valence-corrected chi connectivity index (χ1v) is 6.75. The van der Waals surface area contributed by atoms with E-state index in [0.717, 1.165) is 5.56 Å². The Morgan fingerprint density at radius 1 is 1.14 bits per heavy atom. The number of aliphatic carboxylic acids is 1. The van der Waals surface area contributed by atoms with E-state index in [-0.39, 0.29) is 13.0 Å².